The number of carbonyl (C=O) groups is 3. The minimum absolute atomic E-state index is 0.0702. The van der Waals surface area contributed by atoms with Crippen LogP contribution < -0.4 is 0 Å². The van der Waals surface area contributed by atoms with Gasteiger partial charge in [0, 0.05) is 5.69 Å². The Hall–Kier alpha value is -2.30. The molecule has 0 fully saturated rings. The monoisotopic (exact) mass is 245 g/mol. The topological polar surface area (TPSA) is 73.3 Å². The van der Waals surface area contributed by atoms with Gasteiger partial charge in [0.25, 0.3) is 0 Å². The van der Waals surface area contributed by atoms with Crippen molar-refractivity contribution >= 4 is 17.5 Å². The normalized spacial score (nSPS) is 13.5. The highest BCUT2D eigenvalue weighted by Gasteiger charge is 2.30. The Morgan fingerprint density at radius 2 is 1.61 bits per heavy atom. The lowest BCUT2D eigenvalue weighted by Gasteiger charge is -2.16. The summed E-state index contributed by atoms with van der Waals surface area (Å²) in [6, 6.07) is 0. The Morgan fingerprint density at radius 1 is 1.06 bits per heavy atom. The Bertz CT molecular complexity index is 614. The number of methoxy groups -OCH3 is 1. The minimum atomic E-state index is -0.660. The zero-order chi connectivity index (χ0) is 13.4. The van der Waals surface area contributed by atoms with E-state index in [-0.39, 0.29) is 28.3 Å². The highest BCUT2D eigenvalue weighted by atomic mass is 16.5. The van der Waals surface area contributed by atoms with E-state index in [9.17, 15) is 14.4 Å². The smallest absolute Gasteiger partial charge is 0.340 e. The van der Waals surface area contributed by atoms with Crippen LogP contribution in [0.4, 0.5) is 0 Å². The fourth-order valence-electron chi connectivity index (χ4n) is 2.07. The van der Waals surface area contributed by atoms with Crippen molar-refractivity contribution < 1.29 is 19.1 Å². The Labute approximate surface area is 103 Å². The van der Waals surface area contributed by atoms with Crippen LogP contribution in [0.2, 0.25) is 0 Å². The molecule has 5 heteroatoms. The summed E-state index contributed by atoms with van der Waals surface area (Å²) < 4.78 is 4.64. The second kappa shape index (κ2) is 4.18. The third-order valence-corrected chi connectivity index (χ3v) is 2.83. The van der Waals surface area contributed by atoms with Crippen molar-refractivity contribution in [3.05, 3.63) is 40.2 Å². The van der Waals surface area contributed by atoms with Gasteiger partial charge in [-0.05, 0) is 26.0 Å². The second-order valence-corrected chi connectivity index (χ2v) is 3.96. The number of fused-ring (bicyclic) bond motifs is 1. The van der Waals surface area contributed by atoms with E-state index in [1.807, 2.05) is 0 Å². The third kappa shape index (κ3) is 1.64. The summed E-state index contributed by atoms with van der Waals surface area (Å²) in [7, 11) is 1.22. The van der Waals surface area contributed by atoms with Gasteiger partial charge >= 0.3 is 5.97 Å². The molecule has 0 unspecified atom stereocenters. The fraction of sp³-hybridized carbons (Fsp3) is 0.231. The molecular formula is C13H11NO4. The molecule has 1 heterocycles. The number of aryl methyl sites for hydroxylation is 2. The maximum Gasteiger partial charge on any atom is 0.340 e. The first kappa shape index (κ1) is 12.2. The molecule has 2 rings (SSSR count). The molecule has 0 N–H and O–H groups in total. The number of ether oxygens (including phenoxy) is 1. The number of ketones is 2. The average molecular weight is 245 g/mol. The zero-order valence-corrected chi connectivity index (χ0v) is 10.2. The largest absolute Gasteiger partial charge is 0.465 e. The quantitative estimate of drug-likeness (QED) is 0.699. The van der Waals surface area contributed by atoms with Crippen LogP contribution in [0.3, 0.4) is 0 Å². The van der Waals surface area contributed by atoms with Gasteiger partial charge in [-0.3, -0.25) is 14.6 Å². The summed E-state index contributed by atoms with van der Waals surface area (Å²) in [5.41, 5.74) is 1.18. The summed E-state index contributed by atoms with van der Waals surface area (Å²) in [4.78, 5) is 39.6. The molecule has 5 nitrogen and oxygen atoms in total. The fourth-order valence-corrected chi connectivity index (χ4v) is 2.07. The molecule has 1 aliphatic rings. The van der Waals surface area contributed by atoms with E-state index in [1.165, 1.54) is 13.2 Å². The van der Waals surface area contributed by atoms with Crippen LogP contribution in [-0.4, -0.2) is 29.6 Å². The van der Waals surface area contributed by atoms with Crippen LogP contribution in [0.1, 0.15) is 42.5 Å². The predicted molar refractivity (Wildman–Crippen MR) is 62.9 cm³/mol. The van der Waals surface area contributed by atoms with E-state index < -0.39 is 5.97 Å². The molecule has 0 spiro atoms. The lowest BCUT2D eigenvalue weighted by molar-refractivity contribution is 0.0596. The number of hydrogen-bond acceptors (Lipinski definition) is 5. The molecule has 18 heavy (non-hydrogen) atoms. The van der Waals surface area contributed by atoms with E-state index >= 15 is 0 Å². The maximum atomic E-state index is 11.9. The van der Waals surface area contributed by atoms with Gasteiger partial charge in [0.1, 0.15) is 0 Å². The molecule has 1 aromatic rings. The van der Waals surface area contributed by atoms with Gasteiger partial charge in [-0.2, -0.15) is 0 Å². The summed E-state index contributed by atoms with van der Waals surface area (Å²) in [5, 5.41) is 0. The molecule has 0 aromatic carbocycles. The first-order chi connectivity index (χ1) is 8.47. The van der Waals surface area contributed by atoms with Crippen molar-refractivity contribution in [1.82, 2.24) is 4.98 Å². The molecule has 0 amide bonds. The molecule has 0 aliphatic heterocycles. The van der Waals surface area contributed by atoms with Crippen LogP contribution in [0.15, 0.2) is 12.2 Å². The van der Waals surface area contributed by atoms with Crippen molar-refractivity contribution in [3.8, 4) is 0 Å². The molecule has 1 aromatic heterocycles. The van der Waals surface area contributed by atoms with Gasteiger partial charge in [-0.25, -0.2) is 4.79 Å². The molecule has 92 valence electrons. The maximum absolute atomic E-state index is 11.9. The van der Waals surface area contributed by atoms with Crippen LogP contribution in [-0.2, 0) is 4.74 Å². The van der Waals surface area contributed by atoms with Crippen LogP contribution in [0.5, 0.6) is 0 Å². The highest BCUT2D eigenvalue weighted by molar-refractivity contribution is 6.25. The second-order valence-electron chi connectivity index (χ2n) is 3.96. The Morgan fingerprint density at radius 3 is 2.17 bits per heavy atom. The highest BCUT2D eigenvalue weighted by Crippen LogP contribution is 2.25. The van der Waals surface area contributed by atoms with E-state index in [0.29, 0.717) is 11.4 Å². The van der Waals surface area contributed by atoms with Gasteiger partial charge in [-0.1, -0.05) is 0 Å². The van der Waals surface area contributed by atoms with Gasteiger partial charge in [-0.15, -0.1) is 0 Å². The summed E-state index contributed by atoms with van der Waals surface area (Å²) in [6.07, 6.45) is 2.35. The van der Waals surface area contributed by atoms with Crippen molar-refractivity contribution in [2.75, 3.05) is 7.11 Å². The average Bonchev–Trinajstić information content (AvgIpc) is 2.32. The molecule has 1 aliphatic carbocycles. The van der Waals surface area contributed by atoms with Gasteiger partial charge in [0.15, 0.2) is 11.6 Å². The Kier molecular flexibility index (Phi) is 2.82. The standard InChI is InChI=1S/C13H11NO4/c1-6-10-8(15)4-5-9(16)12(10)11(7(2)14-6)13(17)18-3/h4-5H,1-3H3. The predicted octanol–water partition coefficient (Wildman–Crippen LogP) is 1.42. The van der Waals surface area contributed by atoms with Gasteiger partial charge in [0.2, 0.25) is 0 Å². The molecule has 0 radical (unpaired) electrons. The van der Waals surface area contributed by atoms with Crippen LogP contribution in [0, 0.1) is 13.8 Å². The number of carbonyl (C=O) groups excluding carboxylic acids is 3. The minimum Gasteiger partial charge on any atom is -0.465 e. The van der Waals surface area contributed by atoms with Crippen LogP contribution >= 0.6 is 0 Å². The lowest BCUT2D eigenvalue weighted by Crippen LogP contribution is -2.22. The Balaban J connectivity index is 2.86. The zero-order valence-electron chi connectivity index (χ0n) is 10.2. The van der Waals surface area contributed by atoms with E-state index in [4.69, 9.17) is 0 Å². The number of nitrogens with zero attached hydrogens (tertiary/aromatic N) is 1. The number of esters is 1. The first-order valence-corrected chi connectivity index (χ1v) is 5.33. The molecule has 0 saturated carbocycles. The number of hydrogen-bond donors (Lipinski definition) is 0. The summed E-state index contributed by atoms with van der Waals surface area (Å²) in [6.45, 7) is 3.24. The molecule has 0 saturated heterocycles. The first-order valence-electron chi connectivity index (χ1n) is 5.33. The van der Waals surface area contributed by atoms with E-state index in [0.717, 1.165) is 6.08 Å². The van der Waals surface area contributed by atoms with Gasteiger partial charge < -0.3 is 4.74 Å². The van der Waals surface area contributed by atoms with Crippen molar-refractivity contribution in [2.24, 2.45) is 0 Å². The number of aromatic nitrogens is 1. The SMILES string of the molecule is COC(=O)c1c(C)nc(C)c2c1C(=O)C=CC2=O. The number of pyridine rings is 1. The van der Waals surface area contributed by atoms with E-state index in [2.05, 4.69) is 9.72 Å². The lowest BCUT2D eigenvalue weighted by atomic mass is 9.89. The summed E-state index contributed by atoms with van der Waals surface area (Å²) in [5.74, 6) is -1.36. The number of allylic oxidation sites excluding steroid dienone is 2. The van der Waals surface area contributed by atoms with Crippen molar-refractivity contribution in [2.45, 2.75) is 13.8 Å². The van der Waals surface area contributed by atoms with Crippen molar-refractivity contribution in [3.63, 3.8) is 0 Å². The third-order valence-electron chi connectivity index (χ3n) is 2.83. The number of rotatable bonds is 1. The van der Waals surface area contributed by atoms with Crippen molar-refractivity contribution in [1.29, 1.82) is 0 Å². The molecule has 0 bridgehead atoms. The van der Waals surface area contributed by atoms with E-state index in [1.54, 1.807) is 13.8 Å². The molecular weight excluding hydrogens is 234 g/mol. The van der Waals surface area contributed by atoms with Gasteiger partial charge in [0.05, 0.1) is 29.5 Å². The molecule has 0 atom stereocenters. The van der Waals surface area contributed by atoms with Crippen LogP contribution in [0.25, 0.3) is 0 Å². The summed E-state index contributed by atoms with van der Waals surface area (Å²) >= 11 is 0.